The second kappa shape index (κ2) is 6.77. The van der Waals surface area contributed by atoms with Crippen LogP contribution in [0.4, 0.5) is 5.69 Å². The standard InChI is InChI=1S/C15H18N4O2/c1-11-8-13(20)2-3-14(11)18-10-12(9-16)15(21)19-6-4-17-5-7-19/h2-3,8,10,17-18,20H,4-7H2,1H3/b12-10-. The van der Waals surface area contributed by atoms with E-state index in [0.29, 0.717) is 13.1 Å². The Hall–Kier alpha value is -2.52. The molecule has 0 bridgehead atoms. The van der Waals surface area contributed by atoms with Crippen LogP contribution < -0.4 is 10.6 Å². The number of anilines is 1. The predicted molar refractivity (Wildman–Crippen MR) is 79.6 cm³/mol. The van der Waals surface area contributed by atoms with Gasteiger partial charge in [0.15, 0.2) is 0 Å². The number of hydrogen-bond donors (Lipinski definition) is 3. The van der Waals surface area contributed by atoms with E-state index in [-0.39, 0.29) is 17.2 Å². The molecule has 0 radical (unpaired) electrons. The van der Waals surface area contributed by atoms with Crippen LogP contribution in [-0.4, -0.2) is 42.1 Å². The molecule has 0 aliphatic carbocycles. The van der Waals surface area contributed by atoms with Gasteiger partial charge in [-0.3, -0.25) is 4.79 Å². The summed E-state index contributed by atoms with van der Waals surface area (Å²) >= 11 is 0. The molecular weight excluding hydrogens is 268 g/mol. The number of nitrogens with zero attached hydrogens (tertiary/aromatic N) is 2. The maximum absolute atomic E-state index is 12.2. The third-order valence-corrected chi connectivity index (χ3v) is 3.34. The molecule has 3 N–H and O–H groups in total. The van der Waals surface area contributed by atoms with E-state index >= 15 is 0 Å². The summed E-state index contributed by atoms with van der Waals surface area (Å²) < 4.78 is 0. The van der Waals surface area contributed by atoms with E-state index in [1.165, 1.54) is 6.20 Å². The van der Waals surface area contributed by atoms with Crippen LogP contribution in [0.15, 0.2) is 30.0 Å². The summed E-state index contributed by atoms with van der Waals surface area (Å²) in [5.41, 5.74) is 1.65. The van der Waals surface area contributed by atoms with Crippen LogP contribution >= 0.6 is 0 Å². The molecule has 110 valence electrons. The fourth-order valence-corrected chi connectivity index (χ4v) is 2.14. The fraction of sp³-hybridized carbons (Fsp3) is 0.333. The van der Waals surface area contributed by atoms with Gasteiger partial charge < -0.3 is 20.6 Å². The number of phenolic OH excluding ortho intramolecular Hbond substituents is 1. The number of rotatable bonds is 3. The van der Waals surface area contributed by atoms with Gasteiger partial charge in [-0.2, -0.15) is 5.26 Å². The number of nitrogens with one attached hydrogen (secondary N) is 2. The summed E-state index contributed by atoms with van der Waals surface area (Å²) in [6, 6.07) is 6.80. The van der Waals surface area contributed by atoms with Crippen LogP contribution in [0.2, 0.25) is 0 Å². The Morgan fingerprint density at radius 1 is 1.48 bits per heavy atom. The third kappa shape index (κ3) is 3.74. The summed E-state index contributed by atoms with van der Waals surface area (Å²) in [5.74, 6) is -0.0811. The molecule has 1 amide bonds. The van der Waals surface area contributed by atoms with Crippen molar-refractivity contribution in [1.82, 2.24) is 10.2 Å². The maximum Gasteiger partial charge on any atom is 0.266 e. The molecule has 1 aliphatic rings. The zero-order valence-corrected chi connectivity index (χ0v) is 11.9. The van der Waals surface area contributed by atoms with Crippen LogP contribution in [0.3, 0.4) is 0 Å². The maximum atomic E-state index is 12.2. The number of carbonyl (C=O) groups excluding carboxylic acids is 1. The molecule has 1 aromatic carbocycles. The molecule has 6 heteroatoms. The molecule has 6 nitrogen and oxygen atoms in total. The van der Waals surface area contributed by atoms with E-state index in [4.69, 9.17) is 5.26 Å². The van der Waals surface area contributed by atoms with Gasteiger partial charge in [-0.1, -0.05) is 0 Å². The largest absolute Gasteiger partial charge is 0.508 e. The first kappa shape index (κ1) is 14.9. The first-order valence-corrected chi connectivity index (χ1v) is 6.78. The normalized spacial score (nSPS) is 15.4. The summed E-state index contributed by atoms with van der Waals surface area (Å²) in [7, 11) is 0. The first-order valence-electron chi connectivity index (χ1n) is 6.78. The average molecular weight is 286 g/mol. The van der Waals surface area contributed by atoms with Gasteiger partial charge in [-0.15, -0.1) is 0 Å². The van der Waals surface area contributed by atoms with Crippen molar-refractivity contribution >= 4 is 11.6 Å². The molecule has 1 aromatic rings. The van der Waals surface area contributed by atoms with Gasteiger partial charge >= 0.3 is 0 Å². The molecule has 0 unspecified atom stereocenters. The number of aromatic hydroxyl groups is 1. The molecule has 1 aliphatic heterocycles. The number of nitriles is 1. The summed E-state index contributed by atoms with van der Waals surface area (Å²) in [6.07, 6.45) is 1.42. The van der Waals surface area contributed by atoms with Gasteiger partial charge in [0.1, 0.15) is 17.4 Å². The second-order valence-electron chi connectivity index (χ2n) is 4.86. The molecule has 1 heterocycles. The van der Waals surface area contributed by atoms with Gasteiger partial charge in [0.2, 0.25) is 0 Å². The highest BCUT2D eigenvalue weighted by atomic mass is 16.3. The zero-order valence-electron chi connectivity index (χ0n) is 11.9. The lowest BCUT2D eigenvalue weighted by Gasteiger charge is -2.27. The number of aryl methyl sites for hydroxylation is 1. The van der Waals surface area contributed by atoms with Crippen molar-refractivity contribution in [2.24, 2.45) is 0 Å². The molecule has 21 heavy (non-hydrogen) atoms. The zero-order chi connectivity index (χ0) is 15.2. The Labute approximate surface area is 123 Å². The van der Waals surface area contributed by atoms with Crippen LogP contribution in [0, 0.1) is 18.3 Å². The van der Waals surface area contributed by atoms with Gasteiger partial charge in [-0.05, 0) is 30.7 Å². The van der Waals surface area contributed by atoms with Crippen molar-refractivity contribution < 1.29 is 9.90 Å². The highest BCUT2D eigenvalue weighted by Gasteiger charge is 2.19. The Bertz CT molecular complexity index is 598. The van der Waals surface area contributed by atoms with Crippen molar-refractivity contribution in [3.05, 3.63) is 35.5 Å². The molecule has 0 aromatic heterocycles. The average Bonchev–Trinajstić information content (AvgIpc) is 2.50. The van der Waals surface area contributed by atoms with Crippen molar-refractivity contribution in [2.75, 3.05) is 31.5 Å². The van der Waals surface area contributed by atoms with E-state index < -0.39 is 0 Å². The van der Waals surface area contributed by atoms with Gasteiger partial charge in [0.25, 0.3) is 5.91 Å². The van der Waals surface area contributed by atoms with E-state index in [1.807, 2.05) is 13.0 Å². The highest BCUT2D eigenvalue weighted by Crippen LogP contribution is 2.20. The fourth-order valence-electron chi connectivity index (χ4n) is 2.14. The van der Waals surface area contributed by atoms with Crippen LogP contribution in [0.25, 0.3) is 0 Å². The molecular formula is C15H18N4O2. The van der Waals surface area contributed by atoms with Crippen molar-refractivity contribution in [1.29, 1.82) is 5.26 Å². The monoisotopic (exact) mass is 286 g/mol. The molecule has 0 atom stereocenters. The Morgan fingerprint density at radius 3 is 2.81 bits per heavy atom. The Morgan fingerprint density at radius 2 is 2.19 bits per heavy atom. The van der Waals surface area contributed by atoms with E-state index in [1.54, 1.807) is 23.1 Å². The van der Waals surface area contributed by atoms with E-state index in [2.05, 4.69) is 10.6 Å². The van der Waals surface area contributed by atoms with Gasteiger partial charge in [0, 0.05) is 38.1 Å². The minimum atomic E-state index is -0.261. The Balaban J connectivity index is 2.09. The minimum absolute atomic E-state index is 0.0735. The minimum Gasteiger partial charge on any atom is -0.508 e. The number of piperazine rings is 1. The molecule has 1 fully saturated rings. The highest BCUT2D eigenvalue weighted by molar-refractivity contribution is 5.97. The topological polar surface area (TPSA) is 88.4 Å². The van der Waals surface area contributed by atoms with Crippen LogP contribution in [0.5, 0.6) is 5.75 Å². The smallest absolute Gasteiger partial charge is 0.266 e. The van der Waals surface area contributed by atoms with Gasteiger partial charge in [-0.25, -0.2) is 0 Å². The number of amides is 1. The lowest BCUT2D eigenvalue weighted by molar-refractivity contribution is -0.127. The quantitative estimate of drug-likeness (QED) is 0.437. The lowest BCUT2D eigenvalue weighted by atomic mass is 10.2. The summed E-state index contributed by atoms with van der Waals surface area (Å²) in [4.78, 5) is 13.9. The molecule has 0 saturated carbocycles. The summed E-state index contributed by atoms with van der Waals surface area (Å²) in [5, 5.41) is 24.6. The molecule has 2 rings (SSSR count). The van der Waals surface area contributed by atoms with Gasteiger partial charge in [0.05, 0.1) is 0 Å². The van der Waals surface area contributed by atoms with Crippen LogP contribution in [-0.2, 0) is 4.79 Å². The van der Waals surface area contributed by atoms with E-state index in [0.717, 1.165) is 24.3 Å². The van der Waals surface area contributed by atoms with Crippen LogP contribution in [0.1, 0.15) is 5.56 Å². The predicted octanol–water partition coefficient (Wildman–Crippen LogP) is 0.952. The Kier molecular flexibility index (Phi) is 4.80. The lowest BCUT2D eigenvalue weighted by Crippen LogP contribution is -2.46. The number of carbonyl (C=O) groups is 1. The first-order chi connectivity index (χ1) is 10.1. The number of benzene rings is 1. The van der Waals surface area contributed by atoms with Crippen molar-refractivity contribution in [3.63, 3.8) is 0 Å². The third-order valence-electron chi connectivity index (χ3n) is 3.34. The number of phenols is 1. The van der Waals surface area contributed by atoms with Crippen molar-refractivity contribution in [2.45, 2.75) is 6.92 Å². The van der Waals surface area contributed by atoms with Crippen molar-refractivity contribution in [3.8, 4) is 11.8 Å². The number of hydrogen-bond acceptors (Lipinski definition) is 5. The van der Waals surface area contributed by atoms with E-state index in [9.17, 15) is 9.90 Å². The SMILES string of the molecule is Cc1cc(O)ccc1N/C=C(/C#N)C(=O)N1CCNCC1. The molecule has 0 spiro atoms. The second-order valence-corrected chi connectivity index (χ2v) is 4.86. The molecule has 1 saturated heterocycles. The summed E-state index contributed by atoms with van der Waals surface area (Å²) in [6.45, 7) is 4.54.